The van der Waals surface area contributed by atoms with Gasteiger partial charge in [-0.1, -0.05) is 11.8 Å². The van der Waals surface area contributed by atoms with E-state index in [1.165, 1.54) is 12.3 Å². The van der Waals surface area contributed by atoms with Crippen LogP contribution in [-0.4, -0.2) is 10.9 Å². The summed E-state index contributed by atoms with van der Waals surface area (Å²) in [6.45, 7) is 2.23. The third kappa shape index (κ3) is 4.77. The Hall–Kier alpha value is -2.05. The Morgan fingerprint density at radius 3 is 2.86 bits per heavy atom. The number of aromatic nitrogens is 1. The van der Waals surface area contributed by atoms with Crippen LogP contribution in [0, 0.1) is 24.6 Å². The molecule has 1 heterocycles. The fourth-order valence-electron chi connectivity index (χ4n) is 1.80. The van der Waals surface area contributed by atoms with Crippen molar-refractivity contribution < 1.29 is 9.13 Å². The molecule has 0 unspecified atom stereocenters. The van der Waals surface area contributed by atoms with Crippen molar-refractivity contribution >= 4 is 11.6 Å². The maximum Gasteiger partial charge on any atom is 0.141 e. The lowest BCUT2D eigenvalue weighted by Crippen LogP contribution is -1.98. The monoisotopic (exact) mass is 303 g/mol. The molecule has 0 amide bonds. The van der Waals surface area contributed by atoms with Gasteiger partial charge in [0.25, 0.3) is 0 Å². The Labute approximate surface area is 128 Å². The third-order valence-corrected chi connectivity index (χ3v) is 2.97. The molecule has 2 nitrogen and oxygen atoms in total. The number of hydrogen-bond acceptors (Lipinski definition) is 2. The van der Waals surface area contributed by atoms with E-state index in [0.29, 0.717) is 17.9 Å². The zero-order chi connectivity index (χ0) is 15.1. The van der Waals surface area contributed by atoms with E-state index in [0.717, 1.165) is 16.9 Å². The van der Waals surface area contributed by atoms with Gasteiger partial charge in [0, 0.05) is 29.6 Å². The normalized spacial score (nSPS) is 9.86. The van der Waals surface area contributed by atoms with Crippen LogP contribution in [0.4, 0.5) is 4.39 Å². The molecule has 0 fully saturated rings. The Balaban J connectivity index is 2.03. The van der Waals surface area contributed by atoms with Gasteiger partial charge in [0.1, 0.15) is 18.2 Å². The lowest BCUT2D eigenvalue weighted by atomic mass is 10.1. The van der Waals surface area contributed by atoms with Crippen LogP contribution in [0.3, 0.4) is 0 Å². The molecule has 1 aromatic carbocycles. The molecule has 0 saturated heterocycles. The molecule has 0 saturated carbocycles. The minimum Gasteiger partial charge on any atom is -0.489 e. The highest BCUT2D eigenvalue weighted by molar-refractivity contribution is 6.18. The summed E-state index contributed by atoms with van der Waals surface area (Å²) in [5, 5.41) is 0. The summed E-state index contributed by atoms with van der Waals surface area (Å²) >= 11 is 5.58. The van der Waals surface area contributed by atoms with Gasteiger partial charge in [0.05, 0.1) is 6.20 Å². The number of benzene rings is 1. The molecular weight excluding hydrogens is 289 g/mol. The van der Waals surface area contributed by atoms with Gasteiger partial charge in [0.2, 0.25) is 0 Å². The van der Waals surface area contributed by atoms with Crippen LogP contribution >= 0.6 is 11.6 Å². The SMILES string of the molecule is Cc1cc(C#CCCCl)ccc1OCc1cncc(F)c1. The van der Waals surface area contributed by atoms with Crippen molar-refractivity contribution in [2.24, 2.45) is 0 Å². The molecule has 0 N–H and O–H groups in total. The zero-order valence-corrected chi connectivity index (χ0v) is 12.5. The predicted octanol–water partition coefficient (Wildman–Crippen LogP) is 4.09. The fourth-order valence-corrected chi connectivity index (χ4v) is 1.89. The van der Waals surface area contributed by atoms with Gasteiger partial charge in [-0.2, -0.15) is 0 Å². The van der Waals surface area contributed by atoms with E-state index >= 15 is 0 Å². The first kappa shape index (κ1) is 15.3. The summed E-state index contributed by atoms with van der Waals surface area (Å²) in [5.74, 6) is 6.96. The Morgan fingerprint density at radius 1 is 1.29 bits per heavy atom. The van der Waals surface area contributed by atoms with Gasteiger partial charge in [-0.05, 0) is 36.8 Å². The second-order valence-electron chi connectivity index (χ2n) is 4.52. The second kappa shape index (κ2) is 7.66. The first-order valence-electron chi connectivity index (χ1n) is 6.57. The summed E-state index contributed by atoms with van der Waals surface area (Å²) < 4.78 is 18.7. The molecule has 0 aliphatic heterocycles. The summed E-state index contributed by atoms with van der Waals surface area (Å²) in [6.07, 6.45) is 3.43. The van der Waals surface area contributed by atoms with Crippen LogP contribution in [0.5, 0.6) is 5.75 Å². The van der Waals surface area contributed by atoms with Crippen molar-refractivity contribution in [2.45, 2.75) is 20.0 Å². The highest BCUT2D eigenvalue weighted by Crippen LogP contribution is 2.20. The molecule has 0 bridgehead atoms. The highest BCUT2D eigenvalue weighted by Gasteiger charge is 2.02. The Bertz CT molecular complexity index is 676. The van der Waals surface area contributed by atoms with Gasteiger partial charge in [-0.15, -0.1) is 11.6 Å². The number of hydrogen-bond donors (Lipinski definition) is 0. The highest BCUT2D eigenvalue weighted by atomic mass is 35.5. The number of halogens is 2. The van der Waals surface area contributed by atoms with Crippen molar-refractivity contribution in [3.8, 4) is 17.6 Å². The van der Waals surface area contributed by atoms with E-state index in [1.807, 2.05) is 25.1 Å². The van der Waals surface area contributed by atoms with Crippen molar-refractivity contribution in [3.05, 3.63) is 59.2 Å². The van der Waals surface area contributed by atoms with Crippen molar-refractivity contribution in [2.75, 3.05) is 5.88 Å². The number of ether oxygens (including phenoxy) is 1. The van der Waals surface area contributed by atoms with Crippen LogP contribution in [0.1, 0.15) is 23.1 Å². The minimum absolute atomic E-state index is 0.281. The van der Waals surface area contributed by atoms with Crippen LogP contribution in [0.2, 0.25) is 0 Å². The summed E-state index contributed by atoms with van der Waals surface area (Å²) in [6, 6.07) is 7.13. The Morgan fingerprint density at radius 2 is 2.14 bits per heavy atom. The van der Waals surface area contributed by atoms with E-state index in [1.54, 1.807) is 6.20 Å². The lowest BCUT2D eigenvalue weighted by molar-refractivity contribution is 0.303. The van der Waals surface area contributed by atoms with E-state index in [4.69, 9.17) is 16.3 Å². The van der Waals surface area contributed by atoms with Gasteiger partial charge in [0.15, 0.2) is 0 Å². The number of pyridine rings is 1. The van der Waals surface area contributed by atoms with Crippen molar-refractivity contribution in [1.82, 2.24) is 4.98 Å². The van der Waals surface area contributed by atoms with Gasteiger partial charge < -0.3 is 4.74 Å². The summed E-state index contributed by atoms with van der Waals surface area (Å²) in [5.41, 5.74) is 2.61. The lowest BCUT2D eigenvalue weighted by Gasteiger charge is -2.09. The molecular formula is C17H15ClFNO. The smallest absolute Gasteiger partial charge is 0.141 e. The van der Waals surface area contributed by atoms with Crippen LogP contribution < -0.4 is 4.74 Å². The molecule has 108 valence electrons. The molecule has 2 aromatic rings. The summed E-state index contributed by atoms with van der Waals surface area (Å²) in [4.78, 5) is 3.79. The molecule has 0 radical (unpaired) electrons. The second-order valence-corrected chi connectivity index (χ2v) is 4.90. The van der Waals surface area contributed by atoms with E-state index in [2.05, 4.69) is 16.8 Å². The molecule has 0 aliphatic carbocycles. The first-order chi connectivity index (χ1) is 10.2. The van der Waals surface area contributed by atoms with Gasteiger partial charge >= 0.3 is 0 Å². The number of alkyl halides is 1. The average molecular weight is 304 g/mol. The Kier molecular flexibility index (Phi) is 5.59. The van der Waals surface area contributed by atoms with Gasteiger partial charge in [-0.25, -0.2) is 4.39 Å². The zero-order valence-electron chi connectivity index (χ0n) is 11.7. The molecule has 0 spiro atoms. The largest absolute Gasteiger partial charge is 0.489 e. The maximum atomic E-state index is 13.0. The van der Waals surface area contributed by atoms with Crippen LogP contribution in [0.15, 0.2) is 36.7 Å². The topological polar surface area (TPSA) is 22.1 Å². The fraction of sp³-hybridized carbons (Fsp3) is 0.235. The number of nitrogens with zero attached hydrogens (tertiary/aromatic N) is 1. The number of aryl methyl sites for hydroxylation is 1. The standard InChI is InChI=1S/C17H15ClFNO/c1-13-8-14(4-2-3-7-18)5-6-17(13)21-12-15-9-16(19)11-20-10-15/h5-6,8-11H,3,7,12H2,1H3. The van der Waals surface area contributed by atoms with E-state index in [-0.39, 0.29) is 12.4 Å². The van der Waals surface area contributed by atoms with Crippen LogP contribution in [0.25, 0.3) is 0 Å². The van der Waals surface area contributed by atoms with Crippen molar-refractivity contribution in [1.29, 1.82) is 0 Å². The number of rotatable bonds is 4. The average Bonchev–Trinajstić information content (AvgIpc) is 2.47. The maximum absolute atomic E-state index is 13.0. The molecule has 21 heavy (non-hydrogen) atoms. The molecule has 4 heteroatoms. The molecule has 2 rings (SSSR count). The quantitative estimate of drug-likeness (QED) is 0.627. The first-order valence-corrected chi connectivity index (χ1v) is 7.10. The van der Waals surface area contributed by atoms with Crippen LogP contribution in [-0.2, 0) is 6.61 Å². The molecule has 1 aromatic heterocycles. The van der Waals surface area contributed by atoms with E-state index < -0.39 is 0 Å². The minimum atomic E-state index is -0.363. The predicted molar refractivity (Wildman–Crippen MR) is 81.9 cm³/mol. The molecule has 0 aliphatic rings. The van der Waals surface area contributed by atoms with E-state index in [9.17, 15) is 4.39 Å². The summed E-state index contributed by atoms with van der Waals surface area (Å²) in [7, 11) is 0. The van der Waals surface area contributed by atoms with Crippen molar-refractivity contribution in [3.63, 3.8) is 0 Å². The molecule has 0 atom stereocenters. The van der Waals surface area contributed by atoms with Gasteiger partial charge in [-0.3, -0.25) is 4.98 Å². The third-order valence-electron chi connectivity index (χ3n) is 2.78.